The van der Waals surface area contributed by atoms with Crippen LogP contribution in [-0.2, 0) is 25.6 Å². The van der Waals surface area contributed by atoms with Crippen molar-refractivity contribution in [3.63, 3.8) is 0 Å². The average Bonchev–Trinajstić information content (AvgIpc) is 2.71. The normalized spacial score (nSPS) is 23.1. The molecule has 138 valence electrons. The molecular formula is C18H20N2O6. The zero-order chi connectivity index (χ0) is 18.8. The van der Waals surface area contributed by atoms with Gasteiger partial charge in [0.2, 0.25) is 17.7 Å². The lowest BCUT2D eigenvalue weighted by Gasteiger charge is -2.29. The lowest BCUT2D eigenvalue weighted by molar-refractivity contribution is -0.141. The van der Waals surface area contributed by atoms with Crippen LogP contribution in [0.4, 0.5) is 5.69 Å². The summed E-state index contributed by atoms with van der Waals surface area (Å²) < 4.78 is 5.19. The largest absolute Gasteiger partial charge is 0.482 e. The van der Waals surface area contributed by atoms with Crippen molar-refractivity contribution in [1.82, 2.24) is 5.32 Å². The summed E-state index contributed by atoms with van der Waals surface area (Å²) in [5, 5.41) is 11.0. The van der Waals surface area contributed by atoms with Gasteiger partial charge in [0.25, 0.3) is 0 Å². The second-order valence-corrected chi connectivity index (χ2v) is 6.57. The number of carboxylic acids is 1. The number of ether oxygens (including phenoxy) is 1. The molecule has 8 nitrogen and oxygen atoms in total. The Hall–Kier alpha value is -2.90. The zero-order valence-corrected chi connectivity index (χ0v) is 14.4. The predicted octanol–water partition coefficient (Wildman–Crippen LogP) is 0.728. The molecule has 0 aromatic heterocycles. The third kappa shape index (κ3) is 3.54. The molecular weight excluding hydrogens is 340 g/mol. The number of fused-ring (bicyclic) bond motifs is 1. The molecule has 2 unspecified atom stereocenters. The van der Waals surface area contributed by atoms with Crippen molar-refractivity contribution < 1.29 is 29.0 Å². The fourth-order valence-electron chi connectivity index (χ4n) is 3.57. The highest BCUT2D eigenvalue weighted by Gasteiger charge is 2.40. The number of imide groups is 1. The molecule has 1 aromatic rings. The molecule has 3 amide bonds. The average molecular weight is 360 g/mol. The van der Waals surface area contributed by atoms with Crippen LogP contribution in [0.5, 0.6) is 5.75 Å². The van der Waals surface area contributed by atoms with Crippen molar-refractivity contribution in [2.24, 2.45) is 11.8 Å². The van der Waals surface area contributed by atoms with Crippen LogP contribution in [0.15, 0.2) is 18.2 Å². The number of amides is 3. The summed E-state index contributed by atoms with van der Waals surface area (Å²) in [6, 6.07) is 5.12. The van der Waals surface area contributed by atoms with Crippen molar-refractivity contribution in [2.45, 2.75) is 25.7 Å². The summed E-state index contributed by atoms with van der Waals surface area (Å²) in [5.41, 5.74) is 1.58. The Labute approximate surface area is 150 Å². The number of rotatable bonds is 4. The summed E-state index contributed by atoms with van der Waals surface area (Å²) in [7, 11) is 1.63. The van der Waals surface area contributed by atoms with Crippen molar-refractivity contribution in [1.29, 1.82) is 0 Å². The number of hydrogen-bond donors (Lipinski definition) is 2. The zero-order valence-electron chi connectivity index (χ0n) is 14.4. The van der Waals surface area contributed by atoms with Crippen molar-refractivity contribution in [3.8, 4) is 5.75 Å². The number of piperidine rings is 1. The number of carboxylic acid groups (broad SMARTS) is 1. The van der Waals surface area contributed by atoms with Gasteiger partial charge in [-0.15, -0.1) is 0 Å². The molecule has 2 aliphatic heterocycles. The lowest BCUT2D eigenvalue weighted by Crippen LogP contribution is -2.47. The van der Waals surface area contributed by atoms with Gasteiger partial charge in [-0.3, -0.25) is 19.7 Å². The molecule has 0 aliphatic carbocycles. The lowest BCUT2D eigenvalue weighted by atomic mass is 9.81. The van der Waals surface area contributed by atoms with Crippen LogP contribution >= 0.6 is 0 Å². The number of hydrogen-bond acceptors (Lipinski definition) is 5. The molecule has 0 bridgehead atoms. The first kappa shape index (κ1) is 17.9. The molecule has 2 heterocycles. The maximum Gasteiger partial charge on any atom is 0.341 e. The van der Waals surface area contributed by atoms with E-state index in [2.05, 4.69) is 5.32 Å². The standard InChI is InChI=1S/C18H20N2O6/c1-20-14-8-11(26-9-16(22)23)4-2-10(14)3-5-13(18(20)25)12-6-7-15(21)19-17(12)24/h2,4,8,12-13H,3,5-7,9H2,1H3,(H,22,23)(H,19,21,24). The predicted molar refractivity (Wildman–Crippen MR) is 90.7 cm³/mol. The topological polar surface area (TPSA) is 113 Å². The van der Waals surface area contributed by atoms with Gasteiger partial charge in [0, 0.05) is 19.5 Å². The molecule has 8 heteroatoms. The molecule has 2 atom stereocenters. The Bertz CT molecular complexity index is 775. The summed E-state index contributed by atoms with van der Waals surface area (Å²) in [4.78, 5) is 48.6. The van der Waals surface area contributed by atoms with Gasteiger partial charge < -0.3 is 14.7 Å². The Morgan fingerprint density at radius 3 is 2.65 bits per heavy atom. The molecule has 0 saturated carbocycles. The second-order valence-electron chi connectivity index (χ2n) is 6.57. The Morgan fingerprint density at radius 1 is 1.23 bits per heavy atom. The van der Waals surface area contributed by atoms with E-state index in [0.717, 1.165) is 5.56 Å². The quantitative estimate of drug-likeness (QED) is 0.766. The van der Waals surface area contributed by atoms with Gasteiger partial charge in [0.1, 0.15) is 5.75 Å². The minimum atomic E-state index is -1.08. The summed E-state index contributed by atoms with van der Waals surface area (Å²) in [6.07, 6.45) is 1.73. The minimum absolute atomic E-state index is 0.186. The summed E-state index contributed by atoms with van der Waals surface area (Å²) in [5.74, 6) is -2.60. The highest BCUT2D eigenvalue weighted by Crippen LogP contribution is 2.36. The number of anilines is 1. The van der Waals surface area contributed by atoms with Gasteiger partial charge in [-0.2, -0.15) is 0 Å². The van der Waals surface area contributed by atoms with Gasteiger partial charge >= 0.3 is 5.97 Å². The molecule has 1 fully saturated rings. The van der Waals surface area contributed by atoms with Gasteiger partial charge in [-0.25, -0.2) is 4.79 Å². The van der Waals surface area contributed by atoms with Crippen LogP contribution < -0.4 is 15.0 Å². The number of aryl methyl sites for hydroxylation is 1. The molecule has 3 rings (SSSR count). The first-order chi connectivity index (χ1) is 12.4. The van der Waals surface area contributed by atoms with Gasteiger partial charge in [-0.05, 0) is 30.9 Å². The van der Waals surface area contributed by atoms with Gasteiger partial charge in [0.05, 0.1) is 17.5 Å². The monoisotopic (exact) mass is 360 g/mol. The van der Waals surface area contributed by atoms with E-state index in [1.807, 2.05) is 6.07 Å². The Kier molecular flexibility index (Phi) is 4.92. The van der Waals surface area contributed by atoms with E-state index in [4.69, 9.17) is 9.84 Å². The van der Waals surface area contributed by atoms with Crippen molar-refractivity contribution in [2.75, 3.05) is 18.6 Å². The molecule has 2 N–H and O–H groups in total. The third-order valence-corrected chi connectivity index (χ3v) is 4.92. The molecule has 26 heavy (non-hydrogen) atoms. The van der Waals surface area contributed by atoms with E-state index < -0.39 is 24.4 Å². The maximum absolute atomic E-state index is 12.9. The van der Waals surface area contributed by atoms with Crippen molar-refractivity contribution >= 4 is 29.4 Å². The van der Waals surface area contributed by atoms with Gasteiger partial charge in [0.15, 0.2) is 6.61 Å². The van der Waals surface area contributed by atoms with E-state index in [9.17, 15) is 19.2 Å². The minimum Gasteiger partial charge on any atom is -0.482 e. The van der Waals surface area contributed by atoms with Crippen molar-refractivity contribution in [3.05, 3.63) is 23.8 Å². The highest BCUT2D eigenvalue weighted by molar-refractivity contribution is 6.03. The number of benzene rings is 1. The van der Waals surface area contributed by atoms with E-state index in [1.165, 1.54) is 4.90 Å². The number of nitrogens with zero attached hydrogens (tertiary/aromatic N) is 1. The molecule has 2 aliphatic rings. The van der Waals surface area contributed by atoms with Crippen LogP contribution in [0.2, 0.25) is 0 Å². The van der Waals surface area contributed by atoms with Crippen LogP contribution in [0.25, 0.3) is 0 Å². The van der Waals surface area contributed by atoms with E-state index >= 15 is 0 Å². The maximum atomic E-state index is 12.9. The number of aliphatic carboxylic acids is 1. The summed E-state index contributed by atoms with van der Waals surface area (Å²) in [6.45, 7) is -0.463. The van der Waals surface area contributed by atoms with E-state index in [1.54, 1.807) is 19.2 Å². The number of carbonyl (C=O) groups excluding carboxylic acids is 3. The molecule has 1 aromatic carbocycles. The van der Waals surface area contributed by atoms with Crippen LogP contribution in [0.1, 0.15) is 24.8 Å². The third-order valence-electron chi connectivity index (χ3n) is 4.92. The molecule has 1 saturated heterocycles. The fraction of sp³-hybridized carbons (Fsp3) is 0.444. The number of carbonyl (C=O) groups is 4. The highest BCUT2D eigenvalue weighted by atomic mass is 16.5. The first-order valence-corrected chi connectivity index (χ1v) is 8.45. The first-order valence-electron chi connectivity index (χ1n) is 8.45. The van der Waals surface area contributed by atoms with Crippen LogP contribution in [0, 0.1) is 11.8 Å². The molecule has 0 radical (unpaired) electrons. The number of nitrogens with one attached hydrogen (secondary N) is 1. The smallest absolute Gasteiger partial charge is 0.341 e. The van der Waals surface area contributed by atoms with E-state index in [0.29, 0.717) is 30.7 Å². The van der Waals surface area contributed by atoms with Crippen LogP contribution in [-0.4, -0.2) is 42.5 Å². The summed E-state index contributed by atoms with van der Waals surface area (Å²) >= 11 is 0. The van der Waals surface area contributed by atoms with Crippen LogP contribution in [0.3, 0.4) is 0 Å². The Morgan fingerprint density at radius 2 is 1.96 bits per heavy atom. The fourth-order valence-corrected chi connectivity index (χ4v) is 3.57. The SMILES string of the molecule is CN1C(=O)C(C2CCC(=O)NC2=O)CCc2ccc(OCC(=O)O)cc21. The Balaban J connectivity index is 1.82. The second kappa shape index (κ2) is 7.15. The van der Waals surface area contributed by atoms with Gasteiger partial charge in [-0.1, -0.05) is 6.07 Å². The molecule has 0 spiro atoms. The van der Waals surface area contributed by atoms with E-state index in [-0.39, 0.29) is 24.1 Å².